The highest BCUT2D eigenvalue weighted by Gasteiger charge is 2.24. The third-order valence-electron chi connectivity index (χ3n) is 11.8. The van der Waals surface area contributed by atoms with Crippen LogP contribution in [0.4, 0.5) is 17.1 Å². The van der Waals surface area contributed by atoms with Gasteiger partial charge >= 0.3 is 17.9 Å². The fraction of sp³-hybridized carbons (Fsp3) is 0.589. The Labute approximate surface area is 516 Å². The molecule has 452 valence electrons. The van der Waals surface area contributed by atoms with Gasteiger partial charge in [0.1, 0.15) is 11.2 Å². The zero-order valence-electron chi connectivity index (χ0n) is 48.7. The lowest BCUT2D eigenvalue weighted by molar-refractivity contribution is -0.156. The number of hydrogen-bond acceptors (Lipinski definition) is 16. The molecule has 3 atom stereocenters. The van der Waals surface area contributed by atoms with E-state index < -0.39 is 27.3 Å². The maximum atomic E-state index is 12.3. The van der Waals surface area contributed by atoms with Gasteiger partial charge in [0.25, 0.3) is 24.9 Å². The van der Waals surface area contributed by atoms with Crippen molar-refractivity contribution in [3.63, 3.8) is 0 Å². The molecule has 0 saturated heterocycles. The van der Waals surface area contributed by atoms with Gasteiger partial charge < -0.3 is 55.1 Å². The molecule has 3 rings (SSSR count). The monoisotopic (exact) mass is 1330 g/mol. The molecule has 0 amide bonds. The highest BCUT2D eigenvalue weighted by molar-refractivity contribution is 9.09. The van der Waals surface area contributed by atoms with Gasteiger partial charge in [-0.05, 0) is 151 Å². The summed E-state index contributed by atoms with van der Waals surface area (Å²) in [6.07, 6.45) is 4.24. The Morgan fingerprint density at radius 2 is 0.975 bits per heavy atom. The first-order chi connectivity index (χ1) is 38.0. The van der Waals surface area contributed by atoms with Gasteiger partial charge in [0.15, 0.2) is 0 Å². The summed E-state index contributed by atoms with van der Waals surface area (Å²) in [7, 11) is -0.918. The minimum Gasteiger partial charge on any atom is -0.481 e. The summed E-state index contributed by atoms with van der Waals surface area (Å²) < 4.78 is 38.2. The van der Waals surface area contributed by atoms with E-state index in [1.54, 1.807) is 20.8 Å². The van der Waals surface area contributed by atoms with Crippen LogP contribution in [0.5, 0.6) is 0 Å². The van der Waals surface area contributed by atoms with Gasteiger partial charge in [0.05, 0.1) is 44.5 Å². The van der Waals surface area contributed by atoms with Crippen molar-refractivity contribution in [1.29, 1.82) is 0 Å². The van der Waals surface area contributed by atoms with Crippen molar-refractivity contribution in [2.45, 2.75) is 130 Å². The van der Waals surface area contributed by atoms with Crippen molar-refractivity contribution in [2.24, 2.45) is 5.73 Å². The molecule has 5 N–H and O–H groups in total. The number of benzene rings is 3. The molecule has 0 saturated carbocycles. The van der Waals surface area contributed by atoms with Crippen LogP contribution < -0.4 is 30.9 Å². The van der Waals surface area contributed by atoms with Gasteiger partial charge in [-0.1, -0.05) is 50.1 Å². The molecule has 81 heavy (non-hydrogen) atoms. The largest absolute Gasteiger partial charge is 0.481 e. The molecular weight excluding hydrogens is 1250 g/mol. The zero-order valence-corrected chi connectivity index (χ0v) is 55.0. The van der Waals surface area contributed by atoms with Crippen LogP contribution in [0.3, 0.4) is 0 Å². The molecule has 17 nitrogen and oxygen atoms in total. The van der Waals surface area contributed by atoms with Gasteiger partial charge in [-0.2, -0.15) is 8.42 Å². The summed E-state index contributed by atoms with van der Waals surface area (Å²) in [4.78, 5) is 63.3. The summed E-state index contributed by atoms with van der Waals surface area (Å²) in [6.45, 7) is 21.1. The number of carbonyl (C=O) groups is 5. The number of carboxylic acids is 1. The number of nitrogens with two attached hydrogens (primary N) is 1. The number of esters is 2. The van der Waals surface area contributed by atoms with E-state index in [4.69, 9.17) is 59.3 Å². The zero-order chi connectivity index (χ0) is 61.3. The van der Waals surface area contributed by atoms with E-state index in [9.17, 15) is 32.4 Å². The van der Waals surface area contributed by atoms with Crippen LogP contribution in [-0.2, 0) is 67.0 Å². The number of anilines is 3. The van der Waals surface area contributed by atoms with Crippen molar-refractivity contribution in [1.82, 2.24) is 10.5 Å². The van der Waals surface area contributed by atoms with Crippen LogP contribution >= 0.6 is 66.7 Å². The summed E-state index contributed by atoms with van der Waals surface area (Å²) in [5, 5.41) is 16.5. The molecule has 0 bridgehead atoms. The predicted molar refractivity (Wildman–Crippen MR) is 342 cm³/mol. The fourth-order valence-electron chi connectivity index (χ4n) is 8.15. The number of rotatable bonds is 35. The molecule has 3 aromatic rings. The molecule has 0 aliphatic rings. The molecule has 0 aliphatic heterocycles. The number of alkyl halides is 5. The minimum absolute atomic E-state index is 0.00997. The molecule has 3 aromatic carbocycles. The third kappa shape index (κ3) is 34.2. The predicted octanol–water partition coefficient (Wildman–Crippen LogP) is 8.31. The quantitative estimate of drug-likeness (QED) is 0.0143. The lowest BCUT2D eigenvalue weighted by Gasteiger charge is -2.26. The molecule has 0 spiro atoms. The molecule has 0 aromatic heterocycles. The lowest BCUT2D eigenvalue weighted by Crippen LogP contribution is -2.38. The van der Waals surface area contributed by atoms with Crippen molar-refractivity contribution in [3.8, 4) is 0 Å². The maximum Gasteiger partial charge on any atom is 0.307 e. The maximum absolute atomic E-state index is 12.3. The van der Waals surface area contributed by atoms with Crippen LogP contribution in [0.1, 0.15) is 94.2 Å². The highest BCUT2D eigenvalue weighted by Crippen LogP contribution is 2.25. The van der Waals surface area contributed by atoms with Crippen LogP contribution in [-0.4, -0.2) is 168 Å². The van der Waals surface area contributed by atoms with E-state index in [-0.39, 0.29) is 55.9 Å². The molecule has 0 aliphatic carbocycles. The summed E-state index contributed by atoms with van der Waals surface area (Å²) in [6, 6.07) is 17.4. The normalized spacial score (nSPS) is 12.5. The van der Waals surface area contributed by atoms with Gasteiger partial charge in [-0.3, -0.25) is 18.6 Å². The number of aryl methyl sites for hydroxylation is 3. The topological polar surface area (TPSA) is 227 Å². The second-order valence-electron chi connectivity index (χ2n) is 21.1. The first-order valence-electron chi connectivity index (χ1n) is 26.7. The number of aliphatic carboxylic acids is 1. The molecule has 0 fully saturated rings. The minimum atomic E-state index is -3.52. The van der Waals surface area contributed by atoms with E-state index in [1.165, 1.54) is 14.8 Å². The fourth-order valence-corrected chi connectivity index (χ4v) is 10.00. The Hall–Kier alpha value is -3.44. The third-order valence-corrected chi connectivity index (χ3v) is 13.7. The second-order valence-corrected chi connectivity index (χ2v) is 25.5. The Morgan fingerprint density at radius 3 is 1.27 bits per heavy atom. The second kappa shape index (κ2) is 40.0. The van der Waals surface area contributed by atoms with Crippen LogP contribution in [0.2, 0.25) is 0 Å². The van der Waals surface area contributed by atoms with E-state index >= 15 is 0 Å². The number of nitrogens with one attached hydrogen (secondary N) is 2. The van der Waals surface area contributed by atoms with Gasteiger partial charge in [-0.25, -0.2) is 0 Å². The van der Waals surface area contributed by atoms with E-state index in [1.807, 2.05) is 70.7 Å². The summed E-state index contributed by atoms with van der Waals surface area (Å²) in [5.74, 6) is -0.0355. The SMILES string of the molecule is Cc1ccc(N(CCCl)CCBr)cc1C[C@@H](N)CC(=O)O.Cc1ccc(N(CCCl)CCBr)cc1C[C@H](CC(=O)OC(C)(C)C)N[B]C=O.Cc1ccc(N(CCCl)CCOS(C)(=O)=O)cc1C[C@H](CC(=O)OC(C)(C)C)N[B]C=O. The number of ether oxygens (including phenoxy) is 2. The Bertz CT molecular complexity index is 2490. The van der Waals surface area contributed by atoms with E-state index in [2.05, 4.69) is 82.4 Å². The van der Waals surface area contributed by atoms with Gasteiger partial charge in [0.2, 0.25) is 0 Å². The average molecular weight is 1340 g/mol. The van der Waals surface area contributed by atoms with Crippen molar-refractivity contribution < 1.29 is 51.2 Å². The summed E-state index contributed by atoms with van der Waals surface area (Å²) >= 11 is 24.7. The Balaban J connectivity index is 0.000000620. The van der Waals surface area contributed by atoms with E-state index in [0.29, 0.717) is 62.4 Å². The highest BCUT2D eigenvalue weighted by atomic mass is 79.9. The van der Waals surface area contributed by atoms with Crippen LogP contribution in [0, 0.1) is 20.8 Å². The number of hydrogen-bond donors (Lipinski definition) is 4. The number of nitrogens with zero attached hydrogens (tertiary/aromatic N) is 3. The number of carbonyl (C=O) groups excluding carboxylic acids is 4. The summed E-state index contributed by atoms with van der Waals surface area (Å²) in [5.41, 5.74) is 14.3. The smallest absolute Gasteiger partial charge is 0.307 e. The first-order valence-corrected chi connectivity index (χ1v) is 32.3. The van der Waals surface area contributed by atoms with Crippen molar-refractivity contribution in [3.05, 3.63) is 88.0 Å². The standard InChI is InChI=1S/C21H33BClN2O6S.C20H30BBrClN2O3.C15H22BrClN2O2/c1-16-6-7-19(25(9-8-23)10-11-30-32(5,28)29)13-17(16)12-18(24-22-15-26)14-20(27)31-21(2,3)4;1-15-5-6-18(25(9-7-22)10-8-23)12-16(15)11-17(24-21-14-26)13-19(27)28-20(2,3)4;1-11-2-3-14(19(6-4-16)7-5-17)9-12(11)8-13(18)10-15(20)21/h6-7,13,15,18,24H,8-12,14H2,1-5H3;5-6,12,14,17,24H,7-11,13H2,1-4H3;2-3,9,13H,4-8,10,18H2,1H3,(H,20,21)/t18-;17-;13-/m111/s1. The van der Waals surface area contributed by atoms with Crippen molar-refractivity contribution >= 4 is 139 Å². The number of carboxylic acid groups (broad SMARTS) is 1. The average Bonchev–Trinajstić information content (AvgIpc) is 3.37. The Kier molecular flexibility index (Phi) is 37.3. The van der Waals surface area contributed by atoms with Gasteiger partial charge in [-0.15, -0.1) is 34.8 Å². The lowest BCUT2D eigenvalue weighted by atomic mass is 9.91. The van der Waals surface area contributed by atoms with Crippen LogP contribution in [0.25, 0.3) is 0 Å². The van der Waals surface area contributed by atoms with Crippen molar-refractivity contribution in [2.75, 3.05) is 95.1 Å². The van der Waals surface area contributed by atoms with Gasteiger partial charge in [0, 0.05) is 103 Å². The molecular formula is C56H85B2Br2Cl3N6O11S. The molecule has 2 radical (unpaired) electrons. The van der Waals surface area contributed by atoms with E-state index in [0.717, 1.165) is 93.5 Å². The Morgan fingerprint density at radius 1 is 0.630 bits per heavy atom. The molecule has 0 unspecified atom stereocenters. The molecule has 0 heterocycles. The number of halogens is 5. The molecule has 25 heteroatoms. The van der Waals surface area contributed by atoms with Crippen LogP contribution in [0.15, 0.2) is 54.6 Å². The first kappa shape index (κ1) is 75.6.